The van der Waals surface area contributed by atoms with Crippen LogP contribution in [0.5, 0.6) is 0 Å². The van der Waals surface area contributed by atoms with Gasteiger partial charge in [0.15, 0.2) is 31.0 Å². The van der Waals surface area contributed by atoms with Crippen LogP contribution in [0.25, 0.3) is 56.3 Å². The molecular formula is C97H144N5+5. The lowest BCUT2D eigenvalue weighted by Gasteiger charge is -2.19. The molecule has 5 nitrogen and oxygen atoms in total. The molecular weight excluding hydrogens is 1240 g/mol. The van der Waals surface area contributed by atoms with Gasteiger partial charge in [0.25, 0.3) is 0 Å². The molecule has 5 heterocycles. The predicted molar refractivity (Wildman–Crippen MR) is 449 cm³/mol. The summed E-state index contributed by atoms with van der Waals surface area (Å²) in [6, 6.07) is 54.7. The second-order valence-electron chi connectivity index (χ2n) is 30.4. The lowest BCUT2D eigenvalue weighted by atomic mass is 9.87. The molecule has 10 rings (SSSR count). The summed E-state index contributed by atoms with van der Waals surface area (Å²) in [7, 11) is 10.7. The molecule has 5 aromatic heterocycles. The van der Waals surface area contributed by atoms with Crippen molar-refractivity contribution in [2.75, 3.05) is 0 Å². The first-order chi connectivity index (χ1) is 45.8. The van der Waals surface area contributed by atoms with Crippen molar-refractivity contribution in [2.24, 2.45) is 46.6 Å². The lowest BCUT2D eigenvalue weighted by Crippen LogP contribution is -2.32. The van der Waals surface area contributed by atoms with Gasteiger partial charge in [-0.1, -0.05) is 232 Å². The Morgan fingerprint density at radius 3 is 0.853 bits per heavy atom. The van der Waals surface area contributed by atoms with Crippen LogP contribution in [0.4, 0.5) is 0 Å². The maximum atomic E-state index is 2.38. The standard InChI is InChI=1S/2C19H26N.3C18H24N.5CH4/c1-14-9-7-8-10-17(14)18-11-15(2)16(13-20(18)6)12-19(3,4)5;1-13(2)17-11-19(16-10-8-7-9-15(16)5)20(6)12-18(17)14(3)4;1-13(2)10-16-12-19(5)18(11-15(16)4)17-9-7-6-8-14(17)3;1-6-15-12-19(5)18(11-17(15)13(2)3)16-10-8-7-9-14(16)4;1-6-15-11-18(16-10-8-7-9-14(16)4)19(5)12-17(15)13(2)3;;;;;/h7-11,13H,12H2,1-6H3;7-14H,1-6H3;6-9,11-13H,10H2,1-5H3;2*7-13H,6H2,1-5H3;5*1H4/q5*+1;;;;;. The van der Waals surface area contributed by atoms with Crippen molar-refractivity contribution in [3.8, 4) is 56.3 Å². The second kappa shape index (κ2) is 41.8. The van der Waals surface area contributed by atoms with E-state index in [1.807, 2.05) is 0 Å². The van der Waals surface area contributed by atoms with Gasteiger partial charge in [0.2, 0.25) is 28.5 Å². The second-order valence-corrected chi connectivity index (χ2v) is 30.4. The molecule has 102 heavy (non-hydrogen) atoms. The van der Waals surface area contributed by atoms with Crippen molar-refractivity contribution in [1.82, 2.24) is 0 Å². The first kappa shape index (κ1) is 91.9. The Morgan fingerprint density at radius 1 is 0.284 bits per heavy atom. The van der Waals surface area contributed by atoms with E-state index in [1.54, 1.807) is 0 Å². The number of rotatable bonds is 14. The van der Waals surface area contributed by atoms with Gasteiger partial charge in [-0.05, 0) is 195 Å². The van der Waals surface area contributed by atoms with Gasteiger partial charge in [-0.25, -0.2) is 22.8 Å². The molecule has 5 aromatic carbocycles. The number of aryl methyl sites for hydroxylation is 14. The van der Waals surface area contributed by atoms with E-state index in [0.717, 1.165) is 25.7 Å². The van der Waals surface area contributed by atoms with Gasteiger partial charge >= 0.3 is 0 Å². The molecule has 0 spiro atoms. The topological polar surface area (TPSA) is 19.4 Å². The van der Waals surface area contributed by atoms with Crippen LogP contribution in [0.15, 0.2) is 183 Å². The minimum atomic E-state index is 0. The highest BCUT2D eigenvalue weighted by Crippen LogP contribution is 2.32. The monoisotopic (exact) mass is 1380 g/mol. The molecule has 0 amide bonds. The van der Waals surface area contributed by atoms with E-state index >= 15 is 0 Å². The highest BCUT2D eigenvalue weighted by atomic mass is 14.9. The molecule has 0 atom stereocenters. The van der Waals surface area contributed by atoms with Crippen molar-refractivity contribution < 1.29 is 22.8 Å². The molecule has 0 aliphatic rings. The zero-order valence-electron chi connectivity index (χ0n) is 65.3. The van der Waals surface area contributed by atoms with E-state index in [1.165, 1.54) is 140 Å². The summed E-state index contributed by atoms with van der Waals surface area (Å²) in [5.41, 5.74) is 34.5. The lowest BCUT2D eigenvalue weighted by molar-refractivity contribution is -0.661. The minimum absolute atomic E-state index is 0. The molecule has 0 N–H and O–H groups in total. The van der Waals surface area contributed by atoms with Crippen molar-refractivity contribution >= 4 is 0 Å². The first-order valence-electron chi connectivity index (χ1n) is 36.1. The Kier molecular flexibility index (Phi) is 37.7. The summed E-state index contributed by atoms with van der Waals surface area (Å²) in [4.78, 5) is 0. The highest BCUT2D eigenvalue weighted by molar-refractivity contribution is 5.65. The fraction of sp³-hybridized carbons (Fsp3) is 0.433. The third-order valence-electron chi connectivity index (χ3n) is 19.0. The molecule has 552 valence electrons. The highest BCUT2D eigenvalue weighted by Gasteiger charge is 2.24. The zero-order chi connectivity index (χ0) is 71.7. The number of hydrogen-bond acceptors (Lipinski definition) is 0. The van der Waals surface area contributed by atoms with Gasteiger partial charge in [0.1, 0.15) is 35.2 Å². The maximum Gasteiger partial charge on any atom is 0.212 e. The molecule has 0 unspecified atom stereocenters. The summed E-state index contributed by atoms with van der Waals surface area (Å²) in [6.07, 6.45) is 15.9. The molecule has 0 saturated carbocycles. The largest absolute Gasteiger partial charge is 0.212 e. The average molecular weight is 1380 g/mol. The van der Waals surface area contributed by atoms with Crippen molar-refractivity contribution in [3.05, 3.63) is 266 Å². The Hall–Kier alpha value is -8.15. The normalized spacial score (nSPS) is 10.7. The summed E-state index contributed by atoms with van der Waals surface area (Å²) in [5.74, 6) is 2.95. The van der Waals surface area contributed by atoms with Crippen LogP contribution in [-0.2, 0) is 60.9 Å². The van der Waals surface area contributed by atoms with E-state index in [4.69, 9.17) is 0 Å². The maximum absolute atomic E-state index is 2.38. The summed E-state index contributed by atoms with van der Waals surface area (Å²) in [6.45, 7) is 49.4. The molecule has 0 aliphatic heterocycles. The quantitative estimate of drug-likeness (QED) is 0.0967. The Balaban J connectivity index is 0.000000630. The van der Waals surface area contributed by atoms with Gasteiger partial charge in [0, 0.05) is 86.0 Å². The third kappa shape index (κ3) is 24.5. The van der Waals surface area contributed by atoms with Crippen LogP contribution in [0.2, 0.25) is 0 Å². The molecule has 0 bridgehead atoms. The van der Waals surface area contributed by atoms with Crippen LogP contribution < -0.4 is 22.8 Å². The van der Waals surface area contributed by atoms with E-state index in [0.29, 0.717) is 35.0 Å². The number of aromatic nitrogens is 5. The molecule has 10 aromatic rings. The number of hydrogen-bond donors (Lipinski definition) is 0. The Labute approximate surface area is 626 Å². The molecule has 0 radical (unpaired) electrons. The van der Waals surface area contributed by atoms with Gasteiger partial charge in [0.05, 0.1) is 0 Å². The number of benzene rings is 5. The number of pyridine rings is 5. The molecule has 5 heteroatoms. The van der Waals surface area contributed by atoms with Gasteiger partial charge in [-0.15, -0.1) is 0 Å². The Morgan fingerprint density at radius 2 is 0.549 bits per heavy atom. The summed E-state index contributed by atoms with van der Waals surface area (Å²) in [5, 5.41) is 0. The molecule has 0 fully saturated rings. The van der Waals surface area contributed by atoms with Gasteiger partial charge in [-0.3, -0.25) is 0 Å². The van der Waals surface area contributed by atoms with Crippen molar-refractivity contribution in [2.45, 2.75) is 239 Å². The molecule has 0 aliphatic carbocycles. The third-order valence-corrected chi connectivity index (χ3v) is 19.0. The number of nitrogens with zero attached hydrogens (tertiary/aromatic N) is 5. The van der Waals surface area contributed by atoms with Crippen molar-refractivity contribution in [3.63, 3.8) is 0 Å². The van der Waals surface area contributed by atoms with Gasteiger partial charge in [-0.2, -0.15) is 0 Å². The van der Waals surface area contributed by atoms with E-state index in [2.05, 4.69) is 393 Å². The van der Waals surface area contributed by atoms with Gasteiger partial charge < -0.3 is 0 Å². The van der Waals surface area contributed by atoms with E-state index in [-0.39, 0.29) is 37.1 Å². The van der Waals surface area contributed by atoms with Crippen LogP contribution in [0, 0.1) is 59.8 Å². The summed E-state index contributed by atoms with van der Waals surface area (Å²) < 4.78 is 11.3. The minimum Gasteiger partial charge on any atom is -0.201 e. The van der Waals surface area contributed by atoms with E-state index in [9.17, 15) is 0 Å². The fourth-order valence-electron chi connectivity index (χ4n) is 13.4. The summed E-state index contributed by atoms with van der Waals surface area (Å²) >= 11 is 0. The smallest absolute Gasteiger partial charge is 0.201 e. The first-order valence-corrected chi connectivity index (χ1v) is 36.1. The molecule has 0 saturated heterocycles. The zero-order valence-corrected chi connectivity index (χ0v) is 65.3. The van der Waals surface area contributed by atoms with Crippen LogP contribution >= 0.6 is 0 Å². The fourth-order valence-corrected chi connectivity index (χ4v) is 13.4. The van der Waals surface area contributed by atoms with Crippen LogP contribution in [-0.4, -0.2) is 0 Å². The average Bonchev–Trinajstić information content (AvgIpc) is 0.825. The van der Waals surface area contributed by atoms with Crippen LogP contribution in [0.1, 0.15) is 248 Å². The van der Waals surface area contributed by atoms with Crippen LogP contribution in [0.3, 0.4) is 0 Å². The Bertz CT molecular complexity index is 4240. The van der Waals surface area contributed by atoms with Crippen molar-refractivity contribution in [1.29, 1.82) is 0 Å². The SMILES string of the molecule is C.C.C.C.C.CCc1c[n+](C)c(-c2ccccc2C)cc1C(C)C.CCc1cc(-c2ccccc2C)[n+](C)cc1C(C)C.Cc1cc(-c2ccccc2C)[n+](C)cc1CC(C)(C)C.Cc1cc(-c2ccccc2C)[n+](C)cc1CC(C)C.Cc1ccccc1-c1cc(C(C)C)c(C(C)C)c[n+]1C. The van der Waals surface area contributed by atoms with E-state index < -0.39 is 0 Å². The predicted octanol–water partition coefficient (Wildman–Crippen LogP) is 24.6.